The van der Waals surface area contributed by atoms with Gasteiger partial charge in [0.1, 0.15) is 0 Å². The molecular formula is C31H37N3O4. The van der Waals surface area contributed by atoms with Gasteiger partial charge in [0.05, 0.1) is 12.7 Å². The van der Waals surface area contributed by atoms with Gasteiger partial charge in [0.15, 0.2) is 6.10 Å². The maximum absolute atomic E-state index is 13.2. The van der Waals surface area contributed by atoms with Crippen LogP contribution in [0.15, 0.2) is 54.6 Å². The number of fused-ring (bicyclic) bond motifs is 1. The summed E-state index contributed by atoms with van der Waals surface area (Å²) in [5.74, 6) is -0.480. The quantitative estimate of drug-likeness (QED) is 0.428. The molecule has 7 heteroatoms. The number of carbonyl (C=O) groups excluding carboxylic acids is 2. The smallest absolute Gasteiger partial charge is 0.339 e. The van der Waals surface area contributed by atoms with E-state index >= 15 is 0 Å². The number of benzene rings is 2. The Hall–Kier alpha value is -3.71. The van der Waals surface area contributed by atoms with Gasteiger partial charge in [-0.05, 0) is 51.3 Å². The standard InChI is InChI=1S/C31H37N3O4/c1-20-12-14-23(15-13-20)27-24-19-34(30(36)32-18-22-10-8-7-9-11-22)17-16-25(24)33-21(2)26(27)28(29(35)37-6)38-31(3,4)5/h7-15,28H,16-19H2,1-6H3,(H,32,36). The second-order valence-corrected chi connectivity index (χ2v) is 10.7. The van der Waals surface area contributed by atoms with Crippen LogP contribution in [0.3, 0.4) is 0 Å². The van der Waals surface area contributed by atoms with E-state index in [1.807, 2.05) is 94.1 Å². The minimum absolute atomic E-state index is 0.132. The van der Waals surface area contributed by atoms with Gasteiger partial charge in [-0.15, -0.1) is 0 Å². The van der Waals surface area contributed by atoms with Crippen LogP contribution in [0.2, 0.25) is 0 Å². The van der Waals surface area contributed by atoms with E-state index in [0.717, 1.165) is 39.2 Å². The summed E-state index contributed by atoms with van der Waals surface area (Å²) in [6.07, 6.45) is -0.340. The molecular weight excluding hydrogens is 478 g/mol. The van der Waals surface area contributed by atoms with Crippen LogP contribution in [-0.2, 0) is 33.8 Å². The molecule has 0 fully saturated rings. The number of rotatable bonds is 6. The molecule has 4 rings (SSSR count). The Bertz CT molecular complexity index is 1300. The predicted molar refractivity (Wildman–Crippen MR) is 148 cm³/mol. The van der Waals surface area contributed by atoms with Crippen molar-refractivity contribution in [3.63, 3.8) is 0 Å². The van der Waals surface area contributed by atoms with Gasteiger partial charge in [-0.25, -0.2) is 9.59 Å². The molecule has 200 valence electrons. The molecule has 0 spiro atoms. The van der Waals surface area contributed by atoms with Crippen LogP contribution < -0.4 is 5.32 Å². The lowest BCUT2D eigenvalue weighted by atomic mass is 9.87. The molecule has 0 saturated carbocycles. The Morgan fingerprint density at radius 2 is 1.74 bits per heavy atom. The number of aryl methyl sites for hydroxylation is 2. The Morgan fingerprint density at radius 1 is 1.05 bits per heavy atom. The second kappa shape index (κ2) is 11.4. The first-order chi connectivity index (χ1) is 18.1. The number of pyridine rings is 1. The third-order valence-electron chi connectivity index (χ3n) is 6.64. The van der Waals surface area contributed by atoms with Crippen molar-refractivity contribution >= 4 is 12.0 Å². The Labute approximate surface area is 225 Å². The van der Waals surface area contributed by atoms with Crippen molar-refractivity contribution in [2.75, 3.05) is 13.7 Å². The summed E-state index contributed by atoms with van der Waals surface area (Å²) in [5, 5.41) is 3.04. The zero-order valence-corrected chi connectivity index (χ0v) is 23.1. The van der Waals surface area contributed by atoms with Gasteiger partial charge >= 0.3 is 12.0 Å². The summed E-state index contributed by atoms with van der Waals surface area (Å²) in [6, 6.07) is 17.9. The molecule has 1 unspecified atom stereocenters. The molecule has 1 atom stereocenters. The molecule has 0 bridgehead atoms. The van der Waals surface area contributed by atoms with Crippen LogP contribution in [0, 0.1) is 13.8 Å². The zero-order valence-electron chi connectivity index (χ0n) is 23.1. The molecule has 1 aliphatic heterocycles. The number of amides is 2. The Kier molecular flexibility index (Phi) is 8.17. The Balaban J connectivity index is 1.78. The Morgan fingerprint density at radius 3 is 2.37 bits per heavy atom. The third-order valence-corrected chi connectivity index (χ3v) is 6.64. The van der Waals surface area contributed by atoms with Gasteiger partial charge in [0, 0.05) is 48.6 Å². The first-order valence-corrected chi connectivity index (χ1v) is 13.0. The molecule has 2 aromatic carbocycles. The predicted octanol–water partition coefficient (Wildman–Crippen LogP) is 5.66. The lowest BCUT2D eigenvalue weighted by molar-refractivity contribution is -0.164. The van der Waals surface area contributed by atoms with Gasteiger partial charge in [-0.3, -0.25) is 4.98 Å². The maximum Gasteiger partial charge on any atom is 0.339 e. The highest BCUT2D eigenvalue weighted by atomic mass is 16.6. The van der Waals surface area contributed by atoms with Crippen molar-refractivity contribution in [2.24, 2.45) is 0 Å². The number of methoxy groups -OCH3 is 1. The number of hydrogen-bond acceptors (Lipinski definition) is 5. The average molecular weight is 516 g/mol. The molecule has 0 saturated heterocycles. The van der Waals surface area contributed by atoms with Crippen molar-refractivity contribution in [3.05, 3.63) is 88.2 Å². The van der Waals surface area contributed by atoms with E-state index in [1.54, 1.807) is 0 Å². The van der Waals surface area contributed by atoms with Crippen LogP contribution in [0.1, 0.15) is 60.5 Å². The van der Waals surface area contributed by atoms with E-state index in [-0.39, 0.29) is 6.03 Å². The van der Waals surface area contributed by atoms with E-state index in [2.05, 4.69) is 5.32 Å². The number of urea groups is 1. The van der Waals surface area contributed by atoms with Crippen LogP contribution in [0.25, 0.3) is 11.1 Å². The molecule has 0 radical (unpaired) electrons. The maximum atomic E-state index is 13.2. The molecule has 1 aromatic heterocycles. The van der Waals surface area contributed by atoms with Gasteiger partial charge in [0.2, 0.25) is 0 Å². The normalized spacial score (nSPS) is 14.0. The lowest BCUT2D eigenvalue weighted by Gasteiger charge is -2.34. The molecule has 0 aliphatic carbocycles. The average Bonchev–Trinajstić information content (AvgIpc) is 2.89. The van der Waals surface area contributed by atoms with E-state index in [9.17, 15) is 9.59 Å². The minimum Gasteiger partial charge on any atom is -0.467 e. The number of esters is 1. The van der Waals surface area contributed by atoms with Gasteiger partial charge in [-0.1, -0.05) is 60.2 Å². The van der Waals surface area contributed by atoms with E-state index < -0.39 is 17.7 Å². The first-order valence-electron chi connectivity index (χ1n) is 13.0. The van der Waals surface area contributed by atoms with Gasteiger partial charge < -0.3 is 19.7 Å². The fourth-order valence-electron chi connectivity index (χ4n) is 4.82. The number of nitrogens with zero attached hydrogens (tertiary/aromatic N) is 2. The fraction of sp³-hybridized carbons (Fsp3) is 0.387. The topological polar surface area (TPSA) is 80.8 Å². The monoisotopic (exact) mass is 515 g/mol. The van der Waals surface area contributed by atoms with E-state index in [0.29, 0.717) is 31.6 Å². The molecule has 1 aliphatic rings. The first kappa shape index (κ1) is 27.3. The van der Waals surface area contributed by atoms with Gasteiger partial charge in [-0.2, -0.15) is 0 Å². The molecule has 38 heavy (non-hydrogen) atoms. The number of aromatic nitrogens is 1. The van der Waals surface area contributed by atoms with Gasteiger partial charge in [0.25, 0.3) is 0 Å². The van der Waals surface area contributed by atoms with E-state index in [4.69, 9.17) is 14.5 Å². The summed E-state index contributed by atoms with van der Waals surface area (Å²) in [6.45, 7) is 11.1. The number of ether oxygens (including phenoxy) is 2. The summed E-state index contributed by atoms with van der Waals surface area (Å²) in [7, 11) is 1.37. The summed E-state index contributed by atoms with van der Waals surface area (Å²) in [4.78, 5) is 33.0. The lowest BCUT2D eigenvalue weighted by Crippen LogP contribution is -2.43. The fourth-order valence-corrected chi connectivity index (χ4v) is 4.82. The summed E-state index contributed by atoms with van der Waals surface area (Å²) in [5.41, 5.74) is 6.68. The number of carbonyl (C=O) groups is 2. The van der Waals surface area contributed by atoms with Crippen molar-refractivity contribution in [1.29, 1.82) is 0 Å². The van der Waals surface area contributed by atoms with Crippen molar-refractivity contribution in [2.45, 2.75) is 65.8 Å². The highest BCUT2D eigenvalue weighted by Gasteiger charge is 2.35. The summed E-state index contributed by atoms with van der Waals surface area (Å²) >= 11 is 0. The molecule has 2 heterocycles. The van der Waals surface area contributed by atoms with Crippen molar-refractivity contribution in [3.8, 4) is 11.1 Å². The largest absolute Gasteiger partial charge is 0.467 e. The molecule has 1 N–H and O–H groups in total. The minimum atomic E-state index is -0.962. The third kappa shape index (κ3) is 6.22. The number of hydrogen-bond donors (Lipinski definition) is 1. The van der Waals surface area contributed by atoms with Crippen molar-refractivity contribution < 1.29 is 19.1 Å². The highest BCUT2D eigenvalue weighted by Crippen LogP contribution is 2.40. The van der Waals surface area contributed by atoms with Crippen LogP contribution >= 0.6 is 0 Å². The van der Waals surface area contributed by atoms with Crippen molar-refractivity contribution in [1.82, 2.24) is 15.2 Å². The highest BCUT2D eigenvalue weighted by molar-refractivity contribution is 5.84. The zero-order chi connectivity index (χ0) is 27.4. The SMILES string of the molecule is COC(=O)C(OC(C)(C)C)c1c(C)nc2c(c1-c1ccc(C)cc1)CN(C(=O)NCc1ccccc1)CC2. The van der Waals surface area contributed by atoms with Crippen LogP contribution in [0.5, 0.6) is 0 Å². The molecule has 7 nitrogen and oxygen atoms in total. The molecule has 3 aromatic rings. The molecule has 2 amide bonds. The van der Waals surface area contributed by atoms with Crippen LogP contribution in [-0.4, -0.2) is 41.1 Å². The summed E-state index contributed by atoms with van der Waals surface area (Å²) < 4.78 is 11.5. The second-order valence-electron chi connectivity index (χ2n) is 10.7. The van der Waals surface area contributed by atoms with E-state index in [1.165, 1.54) is 7.11 Å². The van der Waals surface area contributed by atoms with Crippen LogP contribution in [0.4, 0.5) is 4.79 Å². The number of nitrogens with one attached hydrogen (secondary N) is 1.